The van der Waals surface area contributed by atoms with E-state index >= 15 is 0 Å². The first-order chi connectivity index (χ1) is 14.3. The molecule has 1 aliphatic rings. The van der Waals surface area contributed by atoms with Gasteiger partial charge in [0.1, 0.15) is 0 Å². The van der Waals surface area contributed by atoms with Crippen molar-refractivity contribution in [3.8, 4) is 11.8 Å². The van der Waals surface area contributed by atoms with E-state index in [4.69, 9.17) is 0 Å². The molecule has 0 nitrogen and oxygen atoms in total. The third-order valence-electron chi connectivity index (χ3n) is 6.39. The lowest BCUT2D eigenvalue weighted by Gasteiger charge is -2.29. The van der Waals surface area contributed by atoms with Gasteiger partial charge in [-0.25, -0.2) is 0 Å². The molecule has 152 valence electrons. The Bertz CT molecular complexity index is 790. The predicted molar refractivity (Wildman–Crippen MR) is 126 cm³/mol. The second kappa shape index (κ2) is 11.7. The third-order valence-corrected chi connectivity index (χ3v) is 6.39. The number of rotatable bonds is 8. The van der Waals surface area contributed by atoms with Gasteiger partial charge in [-0.15, -0.1) is 6.58 Å². The van der Waals surface area contributed by atoms with Crippen LogP contribution in [-0.4, -0.2) is 0 Å². The molecule has 1 saturated carbocycles. The van der Waals surface area contributed by atoms with Crippen molar-refractivity contribution < 1.29 is 0 Å². The van der Waals surface area contributed by atoms with Crippen LogP contribution in [0.1, 0.15) is 92.9 Å². The number of benzene rings is 2. The minimum atomic E-state index is 0.752. The Morgan fingerprint density at radius 2 is 1.48 bits per heavy atom. The van der Waals surface area contributed by atoms with Crippen LogP contribution in [0.5, 0.6) is 0 Å². The van der Waals surface area contributed by atoms with Gasteiger partial charge in [-0.3, -0.25) is 0 Å². The Labute approximate surface area is 178 Å². The van der Waals surface area contributed by atoms with Crippen LogP contribution in [0.25, 0.3) is 0 Å². The molecule has 2 aromatic carbocycles. The van der Waals surface area contributed by atoms with Crippen LogP contribution in [0.2, 0.25) is 0 Å². The van der Waals surface area contributed by atoms with Crippen LogP contribution in [-0.2, 0) is 6.42 Å². The molecule has 0 aliphatic heterocycles. The van der Waals surface area contributed by atoms with Gasteiger partial charge < -0.3 is 0 Å². The van der Waals surface area contributed by atoms with Crippen molar-refractivity contribution >= 4 is 0 Å². The highest BCUT2D eigenvalue weighted by Gasteiger charge is 2.21. The van der Waals surface area contributed by atoms with Gasteiger partial charge in [-0.05, 0) is 85.8 Å². The quantitative estimate of drug-likeness (QED) is 0.245. The summed E-state index contributed by atoms with van der Waals surface area (Å²) in [5.41, 5.74) is 5.05. The fraction of sp³-hybridized carbons (Fsp3) is 0.448. The molecule has 0 bridgehead atoms. The average Bonchev–Trinajstić information content (AvgIpc) is 2.78. The maximum atomic E-state index is 3.79. The van der Waals surface area contributed by atoms with Crippen molar-refractivity contribution in [2.45, 2.75) is 77.0 Å². The van der Waals surface area contributed by atoms with Crippen molar-refractivity contribution in [3.63, 3.8) is 0 Å². The fourth-order valence-corrected chi connectivity index (χ4v) is 4.47. The Hall–Kier alpha value is -2.26. The topological polar surface area (TPSA) is 0 Å². The average molecular weight is 385 g/mol. The van der Waals surface area contributed by atoms with Crippen LogP contribution < -0.4 is 0 Å². The van der Waals surface area contributed by atoms with Gasteiger partial charge in [0, 0.05) is 11.1 Å². The van der Waals surface area contributed by atoms with Gasteiger partial charge in [0.25, 0.3) is 0 Å². The molecule has 0 aromatic heterocycles. The normalized spacial score (nSPS) is 18.7. The lowest BCUT2D eigenvalue weighted by molar-refractivity contribution is 0.303. The van der Waals surface area contributed by atoms with E-state index in [9.17, 15) is 0 Å². The van der Waals surface area contributed by atoms with E-state index < -0.39 is 0 Å². The van der Waals surface area contributed by atoms with Crippen molar-refractivity contribution in [2.24, 2.45) is 5.92 Å². The molecule has 0 heteroatoms. The fourth-order valence-electron chi connectivity index (χ4n) is 4.47. The van der Waals surface area contributed by atoms with E-state index in [0.29, 0.717) is 0 Å². The van der Waals surface area contributed by atoms with Crippen molar-refractivity contribution in [1.82, 2.24) is 0 Å². The Balaban J connectivity index is 1.51. The highest BCUT2D eigenvalue weighted by atomic mass is 14.3. The van der Waals surface area contributed by atoms with Crippen LogP contribution >= 0.6 is 0 Å². The lowest BCUT2D eigenvalue weighted by atomic mass is 9.77. The van der Waals surface area contributed by atoms with Gasteiger partial charge in [0.15, 0.2) is 0 Å². The zero-order valence-corrected chi connectivity index (χ0v) is 18.1. The number of hydrogen-bond acceptors (Lipinski definition) is 0. The monoisotopic (exact) mass is 384 g/mol. The summed E-state index contributed by atoms with van der Waals surface area (Å²) in [5, 5.41) is 0. The summed E-state index contributed by atoms with van der Waals surface area (Å²) in [7, 11) is 0. The van der Waals surface area contributed by atoms with Crippen LogP contribution in [0.4, 0.5) is 0 Å². The maximum Gasteiger partial charge on any atom is 0.0249 e. The summed E-state index contributed by atoms with van der Waals surface area (Å²) in [6.07, 6.45) is 15.2. The molecule has 0 radical (unpaired) electrons. The molecule has 0 N–H and O–H groups in total. The summed E-state index contributed by atoms with van der Waals surface area (Å²) in [6, 6.07) is 17.6. The molecule has 29 heavy (non-hydrogen) atoms. The van der Waals surface area contributed by atoms with E-state index in [1.165, 1.54) is 62.5 Å². The molecule has 0 atom stereocenters. The minimum absolute atomic E-state index is 0.752. The predicted octanol–water partition coefficient (Wildman–Crippen LogP) is 8.06. The number of allylic oxidation sites excluding steroid dienone is 1. The number of hydrogen-bond donors (Lipinski definition) is 0. The van der Waals surface area contributed by atoms with Gasteiger partial charge in [-0.1, -0.05) is 74.8 Å². The molecule has 0 saturated heterocycles. The smallest absolute Gasteiger partial charge is 0.0249 e. The third kappa shape index (κ3) is 6.93. The Morgan fingerprint density at radius 3 is 2.07 bits per heavy atom. The highest BCUT2D eigenvalue weighted by Crippen LogP contribution is 2.37. The molecule has 0 unspecified atom stereocenters. The molecule has 0 amide bonds. The van der Waals surface area contributed by atoms with E-state index in [1.54, 1.807) is 0 Å². The molecular weight excluding hydrogens is 348 g/mol. The Morgan fingerprint density at radius 1 is 0.862 bits per heavy atom. The summed E-state index contributed by atoms with van der Waals surface area (Å²) >= 11 is 0. The largest absolute Gasteiger partial charge is 0.103 e. The first-order valence-electron chi connectivity index (χ1n) is 11.6. The summed E-state index contributed by atoms with van der Waals surface area (Å²) in [6.45, 7) is 6.08. The van der Waals surface area contributed by atoms with Crippen LogP contribution in [0, 0.1) is 17.8 Å². The molecule has 0 heterocycles. The molecular formula is C29H36. The molecule has 1 aliphatic carbocycles. The maximum absolute atomic E-state index is 3.79. The van der Waals surface area contributed by atoms with Gasteiger partial charge in [-0.2, -0.15) is 0 Å². The first kappa shape index (κ1) is 21.4. The first-order valence-corrected chi connectivity index (χ1v) is 11.6. The summed E-state index contributed by atoms with van der Waals surface area (Å²) < 4.78 is 0. The molecule has 1 fully saturated rings. The SMILES string of the molecule is C=CCCc1ccc(C#Cc2ccc([C@H]3CC[C@H](CCCCC)CC3)cc2)cc1. The van der Waals surface area contributed by atoms with Gasteiger partial charge >= 0.3 is 0 Å². The summed E-state index contributed by atoms with van der Waals surface area (Å²) in [5.74, 6) is 8.36. The van der Waals surface area contributed by atoms with Crippen molar-refractivity contribution in [3.05, 3.63) is 83.4 Å². The zero-order valence-electron chi connectivity index (χ0n) is 18.1. The highest BCUT2D eigenvalue weighted by molar-refractivity contribution is 5.44. The second-order valence-electron chi connectivity index (χ2n) is 8.61. The van der Waals surface area contributed by atoms with Gasteiger partial charge in [0.2, 0.25) is 0 Å². The van der Waals surface area contributed by atoms with Crippen LogP contribution in [0.3, 0.4) is 0 Å². The standard InChI is InChI=1S/C29H36/c1-3-5-7-9-25-16-20-28(21-17-25)29-22-18-27(19-23-29)15-14-26-12-10-24(11-13-26)8-6-4-2/h4,10-13,18-19,22-23,25,28H,2-3,5-9,16-17,20-21H2,1H3/t25-,28-. The molecule has 2 aromatic rings. The number of aryl methyl sites for hydroxylation is 1. The molecule has 0 spiro atoms. The summed E-state index contributed by atoms with van der Waals surface area (Å²) in [4.78, 5) is 0. The van der Waals surface area contributed by atoms with E-state index in [-0.39, 0.29) is 0 Å². The minimum Gasteiger partial charge on any atom is -0.103 e. The molecule has 3 rings (SSSR count). The zero-order chi connectivity index (χ0) is 20.3. The second-order valence-corrected chi connectivity index (χ2v) is 8.61. The number of unbranched alkanes of at least 4 members (excludes halogenated alkanes) is 2. The van der Waals surface area contributed by atoms with Crippen LogP contribution in [0.15, 0.2) is 61.2 Å². The lowest BCUT2D eigenvalue weighted by Crippen LogP contribution is -2.13. The van der Waals surface area contributed by atoms with Crippen molar-refractivity contribution in [2.75, 3.05) is 0 Å². The van der Waals surface area contributed by atoms with E-state index in [1.807, 2.05) is 6.08 Å². The van der Waals surface area contributed by atoms with Crippen molar-refractivity contribution in [1.29, 1.82) is 0 Å². The van der Waals surface area contributed by atoms with E-state index in [2.05, 4.69) is 73.9 Å². The Kier molecular flexibility index (Phi) is 8.63. The van der Waals surface area contributed by atoms with Gasteiger partial charge in [0.05, 0.1) is 0 Å². The van der Waals surface area contributed by atoms with E-state index in [0.717, 1.165) is 35.8 Å².